The Morgan fingerprint density at radius 1 is 1.50 bits per heavy atom. The van der Waals surface area contributed by atoms with Gasteiger partial charge in [-0.25, -0.2) is 0 Å². The quantitative estimate of drug-likeness (QED) is 0.712. The number of amides is 1. The Labute approximate surface area is 83.5 Å². The second-order valence-electron chi connectivity index (χ2n) is 4.17. The van der Waals surface area contributed by atoms with Gasteiger partial charge in [0.1, 0.15) is 0 Å². The molecule has 14 heavy (non-hydrogen) atoms. The Morgan fingerprint density at radius 3 is 2.64 bits per heavy atom. The van der Waals surface area contributed by atoms with Crippen molar-refractivity contribution in [2.75, 3.05) is 11.1 Å². The summed E-state index contributed by atoms with van der Waals surface area (Å²) in [5, 5.41) is 2.75. The summed E-state index contributed by atoms with van der Waals surface area (Å²) in [5.74, 6) is -0.0598. The van der Waals surface area contributed by atoms with Crippen LogP contribution in [0.25, 0.3) is 0 Å². The largest absolute Gasteiger partial charge is 0.396 e. The molecule has 0 unspecified atom stereocenters. The second-order valence-corrected chi connectivity index (χ2v) is 4.17. The first-order valence-corrected chi connectivity index (χ1v) is 4.42. The van der Waals surface area contributed by atoms with Gasteiger partial charge < -0.3 is 11.1 Å². The average molecular weight is 193 g/mol. The van der Waals surface area contributed by atoms with Crippen molar-refractivity contribution in [2.45, 2.75) is 20.8 Å². The van der Waals surface area contributed by atoms with Crippen LogP contribution in [0.2, 0.25) is 0 Å². The zero-order valence-electron chi connectivity index (χ0n) is 8.66. The van der Waals surface area contributed by atoms with Crippen LogP contribution in [0.4, 0.5) is 11.4 Å². The van der Waals surface area contributed by atoms with E-state index in [0.29, 0.717) is 11.4 Å². The molecule has 4 nitrogen and oxygen atoms in total. The summed E-state index contributed by atoms with van der Waals surface area (Å²) in [5.41, 5.74) is 6.30. The molecule has 0 atom stereocenters. The number of anilines is 2. The van der Waals surface area contributed by atoms with Crippen molar-refractivity contribution in [3.05, 3.63) is 18.5 Å². The number of hydrogen-bond donors (Lipinski definition) is 2. The minimum absolute atomic E-state index is 0.0598. The van der Waals surface area contributed by atoms with Crippen LogP contribution in [0.15, 0.2) is 18.5 Å². The maximum Gasteiger partial charge on any atom is 0.229 e. The molecular formula is C10H15N3O. The highest BCUT2D eigenvalue weighted by atomic mass is 16.2. The number of nitrogens with zero attached hydrogens (tertiary/aromatic N) is 1. The number of nitrogen functional groups attached to an aromatic ring is 1. The maximum atomic E-state index is 11.6. The first-order chi connectivity index (χ1) is 6.41. The van der Waals surface area contributed by atoms with Crippen molar-refractivity contribution in [2.24, 2.45) is 5.41 Å². The lowest BCUT2D eigenvalue weighted by molar-refractivity contribution is -0.123. The lowest BCUT2D eigenvalue weighted by Gasteiger charge is -2.18. The molecule has 0 saturated heterocycles. The number of hydrogen-bond acceptors (Lipinski definition) is 3. The number of rotatable bonds is 1. The molecule has 0 fully saturated rings. The molecule has 0 aliphatic heterocycles. The molecule has 1 amide bonds. The van der Waals surface area contributed by atoms with Crippen molar-refractivity contribution in [1.82, 2.24) is 4.98 Å². The van der Waals surface area contributed by atoms with Gasteiger partial charge in [-0.1, -0.05) is 20.8 Å². The number of aromatic nitrogens is 1. The number of carbonyl (C=O) groups excluding carboxylic acids is 1. The van der Waals surface area contributed by atoms with Crippen LogP contribution in [-0.2, 0) is 4.79 Å². The fourth-order valence-corrected chi connectivity index (χ4v) is 0.830. The molecule has 0 aliphatic rings. The standard InChI is InChI=1S/C10H15N3O/c1-10(2,3)9(14)13-8-4-5-12-6-7(8)11/h4-6H,11H2,1-3H3,(H,12,13,14). The van der Waals surface area contributed by atoms with E-state index in [2.05, 4.69) is 10.3 Å². The zero-order chi connectivity index (χ0) is 10.8. The third-order valence-electron chi connectivity index (χ3n) is 1.78. The van der Waals surface area contributed by atoms with E-state index in [-0.39, 0.29) is 5.91 Å². The highest BCUT2D eigenvalue weighted by molar-refractivity contribution is 5.96. The third kappa shape index (κ3) is 2.45. The summed E-state index contributed by atoms with van der Waals surface area (Å²) in [7, 11) is 0. The van der Waals surface area contributed by atoms with Crippen molar-refractivity contribution in [1.29, 1.82) is 0 Å². The van der Waals surface area contributed by atoms with Crippen LogP contribution in [0.5, 0.6) is 0 Å². The second kappa shape index (κ2) is 3.65. The van der Waals surface area contributed by atoms with Crippen LogP contribution in [0, 0.1) is 5.41 Å². The van der Waals surface area contributed by atoms with Crippen molar-refractivity contribution in [3.8, 4) is 0 Å². The Balaban J connectivity index is 2.80. The van der Waals surface area contributed by atoms with Gasteiger partial charge in [-0.3, -0.25) is 9.78 Å². The molecule has 0 bridgehead atoms. The van der Waals surface area contributed by atoms with Crippen molar-refractivity contribution >= 4 is 17.3 Å². The van der Waals surface area contributed by atoms with Gasteiger partial charge in [-0.2, -0.15) is 0 Å². The lowest BCUT2D eigenvalue weighted by atomic mass is 9.95. The molecule has 1 aromatic heterocycles. The number of carbonyl (C=O) groups is 1. The van der Waals surface area contributed by atoms with Gasteiger partial charge in [-0.05, 0) is 6.07 Å². The summed E-state index contributed by atoms with van der Waals surface area (Å²) in [4.78, 5) is 15.4. The van der Waals surface area contributed by atoms with E-state index in [4.69, 9.17) is 5.73 Å². The van der Waals surface area contributed by atoms with E-state index < -0.39 is 5.41 Å². The predicted octanol–water partition coefficient (Wildman–Crippen LogP) is 1.65. The summed E-state index contributed by atoms with van der Waals surface area (Å²) < 4.78 is 0. The number of nitrogens with two attached hydrogens (primary N) is 1. The summed E-state index contributed by atoms with van der Waals surface area (Å²) in [6.45, 7) is 5.54. The SMILES string of the molecule is CC(C)(C)C(=O)Nc1ccncc1N. The molecule has 1 heterocycles. The molecule has 3 N–H and O–H groups in total. The van der Waals surface area contributed by atoms with Crippen LogP contribution < -0.4 is 11.1 Å². The van der Waals surface area contributed by atoms with Crippen LogP contribution in [-0.4, -0.2) is 10.9 Å². The molecule has 1 rings (SSSR count). The molecule has 0 aliphatic carbocycles. The Kier molecular flexibility index (Phi) is 2.74. The fourth-order valence-electron chi connectivity index (χ4n) is 0.830. The Hall–Kier alpha value is -1.58. The van der Waals surface area contributed by atoms with Gasteiger partial charge in [-0.15, -0.1) is 0 Å². The number of pyridine rings is 1. The van der Waals surface area contributed by atoms with Gasteiger partial charge in [0, 0.05) is 11.6 Å². The molecule has 0 aromatic carbocycles. The summed E-state index contributed by atoms with van der Waals surface area (Å²) >= 11 is 0. The van der Waals surface area contributed by atoms with Crippen LogP contribution >= 0.6 is 0 Å². The first kappa shape index (κ1) is 10.5. The van der Waals surface area contributed by atoms with E-state index in [1.165, 1.54) is 6.20 Å². The van der Waals surface area contributed by atoms with Gasteiger partial charge in [0.2, 0.25) is 5.91 Å². The van der Waals surface area contributed by atoms with E-state index in [1.54, 1.807) is 12.3 Å². The highest BCUT2D eigenvalue weighted by Gasteiger charge is 2.21. The molecule has 76 valence electrons. The van der Waals surface area contributed by atoms with Crippen LogP contribution in [0.3, 0.4) is 0 Å². The van der Waals surface area contributed by atoms with Crippen molar-refractivity contribution < 1.29 is 4.79 Å². The third-order valence-corrected chi connectivity index (χ3v) is 1.78. The summed E-state index contributed by atoms with van der Waals surface area (Å²) in [6, 6.07) is 1.68. The molecule has 4 heteroatoms. The summed E-state index contributed by atoms with van der Waals surface area (Å²) in [6.07, 6.45) is 3.10. The predicted molar refractivity (Wildman–Crippen MR) is 56.7 cm³/mol. The minimum Gasteiger partial charge on any atom is -0.396 e. The number of nitrogens with one attached hydrogen (secondary N) is 1. The van der Waals surface area contributed by atoms with E-state index >= 15 is 0 Å². The Morgan fingerprint density at radius 2 is 2.14 bits per heavy atom. The smallest absolute Gasteiger partial charge is 0.229 e. The van der Waals surface area contributed by atoms with Crippen molar-refractivity contribution in [3.63, 3.8) is 0 Å². The Bertz CT molecular complexity index is 341. The highest BCUT2D eigenvalue weighted by Crippen LogP contribution is 2.20. The van der Waals surface area contributed by atoms with Gasteiger partial charge in [0.15, 0.2) is 0 Å². The van der Waals surface area contributed by atoms with Gasteiger partial charge in [0.25, 0.3) is 0 Å². The molecule has 0 saturated carbocycles. The first-order valence-electron chi connectivity index (χ1n) is 4.42. The monoisotopic (exact) mass is 193 g/mol. The molecule has 1 aromatic rings. The van der Waals surface area contributed by atoms with Gasteiger partial charge in [0.05, 0.1) is 17.6 Å². The van der Waals surface area contributed by atoms with Crippen LogP contribution in [0.1, 0.15) is 20.8 Å². The molecule has 0 spiro atoms. The van der Waals surface area contributed by atoms with E-state index in [9.17, 15) is 4.79 Å². The average Bonchev–Trinajstić information content (AvgIpc) is 2.07. The van der Waals surface area contributed by atoms with E-state index in [1.807, 2.05) is 20.8 Å². The zero-order valence-corrected chi connectivity index (χ0v) is 8.66. The van der Waals surface area contributed by atoms with E-state index in [0.717, 1.165) is 0 Å². The molecular weight excluding hydrogens is 178 g/mol. The molecule has 0 radical (unpaired) electrons. The fraction of sp³-hybridized carbons (Fsp3) is 0.400. The maximum absolute atomic E-state index is 11.6. The topological polar surface area (TPSA) is 68.0 Å². The lowest BCUT2D eigenvalue weighted by Crippen LogP contribution is -2.27. The normalized spacial score (nSPS) is 11.1. The minimum atomic E-state index is -0.421. The van der Waals surface area contributed by atoms with Gasteiger partial charge >= 0.3 is 0 Å².